The lowest BCUT2D eigenvalue weighted by Gasteiger charge is -2.07. The van der Waals surface area contributed by atoms with Crippen molar-refractivity contribution in [3.63, 3.8) is 0 Å². The second-order valence-corrected chi connectivity index (χ2v) is 7.09. The molecule has 0 amide bonds. The van der Waals surface area contributed by atoms with Crippen molar-refractivity contribution in [3.05, 3.63) is 65.7 Å². The van der Waals surface area contributed by atoms with Crippen LogP contribution in [0.2, 0.25) is 0 Å². The maximum absolute atomic E-state index is 12.6. The first-order valence-corrected chi connectivity index (χ1v) is 8.11. The highest BCUT2D eigenvalue weighted by atomic mass is 32.2. The van der Waals surface area contributed by atoms with Crippen LogP contribution in [-0.4, -0.2) is 18.8 Å². The summed E-state index contributed by atoms with van der Waals surface area (Å²) < 4.78 is 26.8. The summed E-state index contributed by atoms with van der Waals surface area (Å²) >= 11 is 0. The molecule has 3 rings (SSSR count). The lowest BCUT2D eigenvalue weighted by molar-refractivity contribution is 0.548. The molecule has 1 fully saturated rings. The van der Waals surface area contributed by atoms with Crippen molar-refractivity contribution in [1.82, 2.24) is 4.31 Å². The van der Waals surface area contributed by atoms with E-state index in [-0.39, 0.29) is 12.1 Å². The van der Waals surface area contributed by atoms with Crippen LogP contribution in [0.3, 0.4) is 0 Å². The van der Waals surface area contributed by atoms with Gasteiger partial charge >= 0.3 is 0 Å². The van der Waals surface area contributed by atoms with Crippen molar-refractivity contribution in [3.8, 4) is 0 Å². The van der Waals surface area contributed by atoms with E-state index in [2.05, 4.69) is 0 Å². The molecule has 0 spiro atoms. The minimum absolute atomic E-state index is 0.0173. The van der Waals surface area contributed by atoms with E-state index < -0.39 is 10.0 Å². The Labute approximate surface area is 119 Å². The molecule has 0 bridgehead atoms. The van der Waals surface area contributed by atoms with E-state index >= 15 is 0 Å². The lowest BCUT2D eigenvalue weighted by Crippen LogP contribution is -2.14. The molecular weight excluding hydrogens is 270 g/mol. The Hall–Kier alpha value is -1.65. The average molecular weight is 287 g/mol. The van der Waals surface area contributed by atoms with Gasteiger partial charge < -0.3 is 0 Å². The first-order chi connectivity index (χ1) is 9.51. The van der Waals surface area contributed by atoms with Gasteiger partial charge in [-0.25, -0.2) is 8.42 Å². The molecule has 3 nitrogen and oxygen atoms in total. The molecule has 104 valence electrons. The van der Waals surface area contributed by atoms with Gasteiger partial charge in [-0.3, -0.25) is 0 Å². The fourth-order valence-electron chi connectivity index (χ4n) is 2.60. The third kappa shape index (κ3) is 2.15. The Morgan fingerprint density at radius 2 is 1.55 bits per heavy atom. The number of sulfonamides is 1. The summed E-state index contributed by atoms with van der Waals surface area (Å²) in [4.78, 5) is 0.369. The normalized spacial score (nSPS) is 25.4. The van der Waals surface area contributed by atoms with E-state index in [0.717, 1.165) is 11.1 Å². The van der Waals surface area contributed by atoms with Gasteiger partial charge in [0, 0.05) is 6.04 Å². The van der Waals surface area contributed by atoms with Gasteiger partial charge in [0.05, 0.1) is 10.9 Å². The SMILES string of the molecule is Cc1ccc(S(=O)(=O)N2[C@@H](C)[C@@H]2c2ccccc2)cc1. The zero-order valence-corrected chi connectivity index (χ0v) is 12.3. The molecule has 0 saturated carbocycles. The van der Waals surface area contributed by atoms with Crippen LogP contribution >= 0.6 is 0 Å². The highest BCUT2D eigenvalue weighted by Crippen LogP contribution is 2.47. The minimum atomic E-state index is -3.40. The first kappa shape index (κ1) is 13.3. The summed E-state index contributed by atoms with van der Waals surface area (Å²) in [7, 11) is -3.40. The van der Waals surface area contributed by atoms with E-state index in [4.69, 9.17) is 0 Å². The highest BCUT2D eigenvalue weighted by Gasteiger charge is 2.53. The van der Waals surface area contributed by atoms with E-state index in [1.54, 1.807) is 16.4 Å². The molecule has 20 heavy (non-hydrogen) atoms. The quantitative estimate of drug-likeness (QED) is 0.813. The third-order valence-corrected chi connectivity index (χ3v) is 5.76. The number of aryl methyl sites for hydroxylation is 1. The predicted molar refractivity (Wildman–Crippen MR) is 78.8 cm³/mol. The summed E-state index contributed by atoms with van der Waals surface area (Å²) in [6, 6.07) is 16.8. The van der Waals surface area contributed by atoms with Gasteiger partial charge in [-0.1, -0.05) is 48.0 Å². The third-order valence-electron chi connectivity index (χ3n) is 3.78. The molecule has 1 heterocycles. The summed E-state index contributed by atoms with van der Waals surface area (Å²) in [6.45, 7) is 3.90. The molecule has 0 aliphatic carbocycles. The molecule has 4 heteroatoms. The van der Waals surface area contributed by atoms with Crippen molar-refractivity contribution < 1.29 is 8.42 Å². The maximum atomic E-state index is 12.6. The van der Waals surface area contributed by atoms with Crippen LogP contribution in [0.5, 0.6) is 0 Å². The molecule has 2 aromatic rings. The molecule has 2 aromatic carbocycles. The van der Waals surface area contributed by atoms with Crippen LogP contribution in [0.1, 0.15) is 24.1 Å². The van der Waals surface area contributed by atoms with E-state index in [1.807, 2.05) is 56.3 Å². The van der Waals surface area contributed by atoms with Crippen LogP contribution in [0.15, 0.2) is 59.5 Å². The molecular formula is C16H17NO2S. The zero-order chi connectivity index (χ0) is 14.3. The second kappa shape index (κ2) is 4.72. The monoisotopic (exact) mass is 287 g/mol. The Kier molecular flexibility index (Phi) is 3.15. The Bertz CT molecular complexity index is 708. The fourth-order valence-corrected chi connectivity index (χ4v) is 4.42. The van der Waals surface area contributed by atoms with Crippen LogP contribution < -0.4 is 0 Å². The smallest absolute Gasteiger partial charge is 0.207 e. The second-order valence-electron chi connectivity index (χ2n) is 5.24. The number of nitrogens with zero attached hydrogens (tertiary/aromatic N) is 1. The van der Waals surface area contributed by atoms with Gasteiger partial charge in [0.1, 0.15) is 0 Å². The van der Waals surface area contributed by atoms with Gasteiger partial charge in [-0.15, -0.1) is 0 Å². The lowest BCUT2D eigenvalue weighted by atomic mass is 10.1. The van der Waals surface area contributed by atoms with E-state index in [1.165, 1.54) is 0 Å². The molecule has 1 aliphatic heterocycles. The van der Waals surface area contributed by atoms with Crippen molar-refractivity contribution in [2.24, 2.45) is 0 Å². The van der Waals surface area contributed by atoms with Crippen molar-refractivity contribution in [1.29, 1.82) is 0 Å². The number of rotatable bonds is 3. The van der Waals surface area contributed by atoms with Gasteiger partial charge in [0.2, 0.25) is 10.0 Å². The number of hydrogen-bond donors (Lipinski definition) is 0. The van der Waals surface area contributed by atoms with Crippen LogP contribution in [0.25, 0.3) is 0 Å². The van der Waals surface area contributed by atoms with E-state index in [9.17, 15) is 8.42 Å². The number of benzene rings is 2. The molecule has 3 atom stereocenters. The van der Waals surface area contributed by atoms with Gasteiger partial charge in [-0.2, -0.15) is 4.31 Å². The molecule has 0 radical (unpaired) electrons. The molecule has 0 aromatic heterocycles. The number of hydrogen-bond acceptors (Lipinski definition) is 2. The van der Waals surface area contributed by atoms with Crippen molar-refractivity contribution in [2.75, 3.05) is 0 Å². The van der Waals surface area contributed by atoms with Gasteiger partial charge in [0.15, 0.2) is 0 Å². The fraction of sp³-hybridized carbons (Fsp3) is 0.250. The van der Waals surface area contributed by atoms with Crippen LogP contribution in [0, 0.1) is 6.92 Å². The van der Waals surface area contributed by atoms with Crippen LogP contribution in [-0.2, 0) is 10.0 Å². The summed E-state index contributed by atoms with van der Waals surface area (Å²) in [5.41, 5.74) is 2.11. The summed E-state index contributed by atoms with van der Waals surface area (Å²) in [6.07, 6.45) is 0. The molecule has 0 N–H and O–H groups in total. The highest BCUT2D eigenvalue weighted by molar-refractivity contribution is 7.89. The van der Waals surface area contributed by atoms with Gasteiger partial charge in [-0.05, 0) is 31.5 Å². The summed E-state index contributed by atoms with van der Waals surface area (Å²) in [5.74, 6) is 0. The van der Waals surface area contributed by atoms with Crippen molar-refractivity contribution >= 4 is 10.0 Å². The summed E-state index contributed by atoms with van der Waals surface area (Å²) in [5, 5.41) is 0. The topological polar surface area (TPSA) is 37.1 Å². The Morgan fingerprint density at radius 3 is 2.15 bits per heavy atom. The Balaban J connectivity index is 1.92. The average Bonchev–Trinajstić information content (AvgIpc) is 3.13. The minimum Gasteiger partial charge on any atom is -0.207 e. The van der Waals surface area contributed by atoms with Crippen molar-refractivity contribution in [2.45, 2.75) is 30.8 Å². The molecule has 1 saturated heterocycles. The maximum Gasteiger partial charge on any atom is 0.243 e. The molecule has 1 unspecified atom stereocenters. The molecule has 1 aliphatic rings. The Morgan fingerprint density at radius 1 is 0.950 bits per heavy atom. The zero-order valence-electron chi connectivity index (χ0n) is 11.5. The van der Waals surface area contributed by atoms with E-state index in [0.29, 0.717) is 4.90 Å². The predicted octanol–water partition coefficient (Wildman–Crippen LogP) is 3.13. The largest absolute Gasteiger partial charge is 0.243 e. The van der Waals surface area contributed by atoms with Crippen LogP contribution in [0.4, 0.5) is 0 Å². The van der Waals surface area contributed by atoms with Gasteiger partial charge in [0.25, 0.3) is 0 Å². The first-order valence-electron chi connectivity index (χ1n) is 6.67. The standard InChI is InChI=1S/C16H17NO2S/c1-12-8-10-15(11-9-12)20(18,19)17-13(2)16(17)14-6-4-3-5-7-14/h3-11,13,16H,1-2H3/t13-,16+,17?/m0/s1.